The third kappa shape index (κ3) is 2.53. The minimum absolute atomic E-state index is 0.0536. The second-order valence-corrected chi connectivity index (χ2v) is 6.99. The maximum Gasteiger partial charge on any atom is 0.273 e. The molecular weight excluding hydrogens is 240 g/mol. The van der Waals surface area contributed by atoms with E-state index >= 15 is 0 Å². The molecule has 2 aliphatic carbocycles. The molecule has 1 unspecified atom stereocenters. The van der Waals surface area contributed by atoms with Gasteiger partial charge in [-0.1, -0.05) is 25.9 Å². The Morgan fingerprint density at radius 2 is 2.05 bits per heavy atom. The van der Waals surface area contributed by atoms with Crippen LogP contribution in [0.4, 0.5) is 0 Å². The van der Waals surface area contributed by atoms with E-state index in [0.717, 1.165) is 43.4 Å². The molecule has 1 amide bonds. The molecule has 1 aromatic rings. The van der Waals surface area contributed by atoms with Gasteiger partial charge in [0.2, 0.25) is 0 Å². The van der Waals surface area contributed by atoms with Gasteiger partial charge in [-0.15, -0.1) is 0 Å². The van der Waals surface area contributed by atoms with Crippen molar-refractivity contribution < 1.29 is 9.32 Å². The molecule has 0 spiro atoms. The predicted octanol–water partition coefficient (Wildman–Crippen LogP) is 2.72. The van der Waals surface area contributed by atoms with Crippen molar-refractivity contribution >= 4 is 5.91 Å². The van der Waals surface area contributed by atoms with Crippen molar-refractivity contribution in [2.75, 3.05) is 0 Å². The van der Waals surface area contributed by atoms with Gasteiger partial charge in [-0.05, 0) is 37.0 Å². The lowest BCUT2D eigenvalue weighted by Crippen LogP contribution is -2.30. The van der Waals surface area contributed by atoms with Crippen LogP contribution >= 0.6 is 0 Å². The summed E-state index contributed by atoms with van der Waals surface area (Å²) in [6.07, 6.45) is 5.12. The van der Waals surface area contributed by atoms with E-state index in [9.17, 15) is 4.79 Å². The van der Waals surface area contributed by atoms with Gasteiger partial charge < -0.3 is 9.84 Å². The Hall–Kier alpha value is -1.32. The number of fused-ring (bicyclic) bond motifs is 1. The molecule has 19 heavy (non-hydrogen) atoms. The highest BCUT2D eigenvalue weighted by molar-refractivity contribution is 5.94. The minimum atomic E-state index is -0.0536. The number of carbonyl (C=O) groups excluding carboxylic acids is 1. The molecule has 0 saturated heterocycles. The molecule has 0 aliphatic heterocycles. The highest BCUT2D eigenvalue weighted by Crippen LogP contribution is 2.38. The van der Waals surface area contributed by atoms with Crippen LogP contribution in [0.1, 0.15) is 61.8 Å². The summed E-state index contributed by atoms with van der Waals surface area (Å²) in [5.74, 6) is 1.45. The predicted molar refractivity (Wildman–Crippen MR) is 72.0 cm³/mol. The van der Waals surface area contributed by atoms with E-state index in [-0.39, 0.29) is 11.3 Å². The number of rotatable bonds is 2. The number of aryl methyl sites for hydroxylation is 1. The second-order valence-electron chi connectivity index (χ2n) is 6.99. The number of nitrogens with zero attached hydrogens (tertiary/aromatic N) is 1. The van der Waals surface area contributed by atoms with Crippen LogP contribution in [0.25, 0.3) is 0 Å². The fourth-order valence-corrected chi connectivity index (χ4v) is 2.80. The molecule has 4 nitrogen and oxygen atoms in total. The van der Waals surface area contributed by atoms with Crippen molar-refractivity contribution in [1.29, 1.82) is 0 Å². The van der Waals surface area contributed by atoms with Crippen molar-refractivity contribution in [3.63, 3.8) is 0 Å². The molecule has 0 bridgehead atoms. The Morgan fingerprint density at radius 3 is 2.68 bits per heavy atom. The van der Waals surface area contributed by atoms with E-state index in [4.69, 9.17) is 4.52 Å². The summed E-state index contributed by atoms with van der Waals surface area (Å²) in [6, 6.07) is 0.363. The van der Waals surface area contributed by atoms with Gasteiger partial charge in [-0.2, -0.15) is 0 Å². The van der Waals surface area contributed by atoms with Crippen LogP contribution in [0, 0.1) is 11.3 Å². The van der Waals surface area contributed by atoms with Crippen LogP contribution in [0.15, 0.2) is 4.52 Å². The van der Waals surface area contributed by atoms with Gasteiger partial charge in [-0.3, -0.25) is 4.79 Å². The van der Waals surface area contributed by atoms with E-state index in [2.05, 4.69) is 31.2 Å². The lowest BCUT2D eigenvalue weighted by atomic mass is 9.71. The first kappa shape index (κ1) is 12.7. The molecule has 1 atom stereocenters. The lowest BCUT2D eigenvalue weighted by Gasteiger charge is -2.33. The molecule has 104 valence electrons. The van der Waals surface area contributed by atoms with Crippen molar-refractivity contribution in [1.82, 2.24) is 10.5 Å². The Bertz CT molecular complexity index is 495. The Morgan fingerprint density at radius 1 is 1.32 bits per heavy atom. The zero-order valence-electron chi connectivity index (χ0n) is 12.0. The summed E-state index contributed by atoms with van der Waals surface area (Å²) in [5.41, 5.74) is 1.83. The highest BCUT2D eigenvalue weighted by atomic mass is 16.5. The lowest BCUT2D eigenvalue weighted by molar-refractivity contribution is 0.0940. The number of nitrogens with one attached hydrogen (secondary N) is 1. The highest BCUT2D eigenvalue weighted by Gasteiger charge is 2.35. The summed E-state index contributed by atoms with van der Waals surface area (Å²) >= 11 is 0. The Labute approximate surface area is 113 Å². The van der Waals surface area contributed by atoms with Gasteiger partial charge in [0.15, 0.2) is 5.69 Å². The number of hydrogen-bond acceptors (Lipinski definition) is 3. The topological polar surface area (TPSA) is 55.1 Å². The van der Waals surface area contributed by atoms with Crippen molar-refractivity contribution in [3.05, 3.63) is 17.0 Å². The first-order chi connectivity index (χ1) is 8.95. The fourth-order valence-electron chi connectivity index (χ4n) is 2.80. The first-order valence-corrected chi connectivity index (χ1v) is 7.23. The van der Waals surface area contributed by atoms with Crippen LogP contribution in [-0.4, -0.2) is 17.1 Å². The molecule has 1 fully saturated rings. The molecule has 2 aliphatic rings. The maximum atomic E-state index is 12.2. The zero-order chi connectivity index (χ0) is 13.6. The van der Waals surface area contributed by atoms with Gasteiger partial charge in [0.1, 0.15) is 5.76 Å². The van der Waals surface area contributed by atoms with Crippen LogP contribution in [0.2, 0.25) is 0 Å². The molecule has 0 radical (unpaired) electrons. The normalized spacial score (nSPS) is 23.0. The minimum Gasteiger partial charge on any atom is -0.360 e. The van der Waals surface area contributed by atoms with Crippen molar-refractivity contribution in [2.45, 2.75) is 58.9 Å². The third-order valence-corrected chi connectivity index (χ3v) is 4.39. The van der Waals surface area contributed by atoms with Gasteiger partial charge in [0, 0.05) is 18.0 Å². The molecular formula is C15H22N2O2. The molecule has 1 heterocycles. The van der Waals surface area contributed by atoms with Gasteiger partial charge in [-0.25, -0.2) is 0 Å². The number of hydrogen-bond donors (Lipinski definition) is 1. The number of aromatic nitrogens is 1. The smallest absolute Gasteiger partial charge is 0.273 e. The van der Waals surface area contributed by atoms with Crippen LogP contribution in [0.5, 0.6) is 0 Å². The average Bonchev–Trinajstić information content (AvgIpc) is 3.04. The van der Waals surface area contributed by atoms with Gasteiger partial charge >= 0.3 is 0 Å². The van der Waals surface area contributed by atoms with Crippen LogP contribution in [-0.2, 0) is 12.8 Å². The van der Waals surface area contributed by atoms with Gasteiger partial charge in [0.05, 0.1) is 0 Å². The van der Waals surface area contributed by atoms with Crippen LogP contribution < -0.4 is 5.32 Å². The summed E-state index contributed by atoms with van der Waals surface area (Å²) in [4.78, 5) is 12.2. The molecule has 1 saturated carbocycles. The van der Waals surface area contributed by atoms with Crippen molar-refractivity contribution in [2.24, 2.45) is 11.3 Å². The summed E-state index contributed by atoms with van der Waals surface area (Å²) in [5, 5.41) is 7.01. The molecule has 4 heteroatoms. The van der Waals surface area contributed by atoms with E-state index in [1.165, 1.54) is 0 Å². The quantitative estimate of drug-likeness (QED) is 0.891. The standard InChI is InChI=1S/C15H22N2O2/c1-15(2,3)9-4-7-12-11(8-9)13(17-19-12)14(18)16-10-5-6-10/h9-10H,4-8H2,1-3H3,(H,16,18). The Balaban J connectivity index is 1.81. The van der Waals surface area contributed by atoms with E-state index in [0.29, 0.717) is 17.7 Å². The molecule has 1 aromatic heterocycles. The van der Waals surface area contributed by atoms with E-state index < -0.39 is 0 Å². The number of carbonyl (C=O) groups is 1. The summed E-state index contributed by atoms with van der Waals surface area (Å²) < 4.78 is 5.36. The average molecular weight is 262 g/mol. The van der Waals surface area contributed by atoms with E-state index in [1.807, 2.05) is 0 Å². The maximum absolute atomic E-state index is 12.2. The molecule has 0 aromatic carbocycles. The SMILES string of the molecule is CC(C)(C)C1CCc2onc(C(=O)NC3CC3)c2C1. The van der Waals surface area contributed by atoms with Gasteiger partial charge in [0.25, 0.3) is 5.91 Å². The van der Waals surface area contributed by atoms with Crippen molar-refractivity contribution in [3.8, 4) is 0 Å². The fraction of sp³-hybridized carbons (Fsp3) is 0.733. The largest absolute Gasteiger partial charge is 0.360 e. The number of amides is 1. The van der Waals surface area contributed by atoms with Crippen LogP contribution in [0.3, 0.4) is 0 Å². The zero-order valence-corrected chi connectivity index (χ0v) is 12.0. The summed E-state index contributed by atoms with van der Waals surface area (Å²) in [7, 11) is 0. The molecule has 1 N–H and O–H groups in total. The monoisotopic (exact) mass is 262 g/mol. The molecule has 3 rings (SSSR count). The van der Waals surface area contributed by atoms with E-state index in [1.54, 1.807) is 0 Å². The third-order valence-electron chi connectivity index (χ3n) is 4.39. The second kappa shape index (κ2) is 4.36. The first-order valence-electron chi connectivity index (χ1n) is 7.23. The summed E-state index contributed by atoms with van der Waals surface area (Å²) in [6.45, 7) is 6.79. The Kier molecular flexibility index (Phi) is 2.91.